The van der Waals surface area contributed by atoms with Crippen LogP contribution in [0.25, 0.3) is 28.2 Å². The molecule has 1 aliphatic heterocycles. The number of nitrogen functional groups attached to an aromatic ring is 1. The van der Waals surface area contributed by atoms with Gasteiger partial charge in [0.05, 0.1) is 17.2 Å². The van der Waals surface area contributed by atoms with Crippen LogP contribution in [-0.4, -0.2) is 74.9 Å². The fourth-order valence-electron chi connectivity index (χ4n) is 6.12. The smallest absolute Gasteiger partial charge is 0.251 e. The van der Waals surface area contributed by atoms with Gasteiger partial charge < -0.3 is 26.0 Å². The minimum Gasteiger partial charge on any atom is -0.507 e. The zero-order valence-corrected chi connectivity index (χ0v) is 24.3. The number of likely N-dealkylation sites (N-methyl/N-ethyl adjacent to an activating group) is 1. The summed E-state index contributed by atoms with van der Waals surface area (Å²) < 4.78 is 2.05. The fraction of sp³-hybridized carbons (Fsp3) is 0.242. The number of imidazole rings is 1. The number of aromatic nitrogens is 4. The number of nitrogens with two attached hydrogens (primary N) is 1. The molecule has 0 bridgehead atoms. The number of fused-ring (bicyclic) bond motifs is 2. The lowest BCUT2D eigenvalue weighted by atomic mass is 10.1. The van der Waals surface area contributed by atoms with Crippen molar-refractivity contribution in [3.05, 3.63) is 89.1 Å². The molecule has 4 heterocycles. The van der Waals surface area contributed by atoms with Crippen molar-refractivity contribution in [3.8, 4) is 22.8 Å². The van der Waals surface area contributed by atoms with Gasteiger partial charge in [-0.2, -0.15) is 0 Å². The zero-order chi connectivity index (χ0) is 30.4. The predicted molar refractivity (Wildman–Crippen MR) is 168 cm³/mol. The van der Waals surface area contributed by atoms with Gasteiger partial charge in [0.2, 0.25) is 0 Å². The quantitative estimate of drug-likeness (QED) is 0.253. The Kier molecular flexibility index (Phi) is 6.94. The molecule has 0 saturated carbocycles. The highest BCUT2D eigenvalue weighted by Crippen LogP contribution is 2.36. The van der Waals surface area contributed by atoms with Crippen molar-refractivity contribution in [2.45, 2.75) is 18.9 Å². The summed E-state index contributed by atoms with van der Waals surface area (Å²) in [6.07, 6.45) is 3.72. The van der Waals surface area contributed by atoms with E-state index in [4.69, 9.17) is 15.7 Å². The number of nitrogens with zero attached hydrogens (tertiary/aromatic N) is 6. The summed E-state index contributed by atoms with van der Waals surface area (Å²) in [6.45, 7) is 3.75. The van der Waals surface area contributed by atoms with Crippen molar-refractivity contribution in [1.82, 2.24) is 29.7 Å². The van der Waals surface area contributed by atoms with Crippen LogP contribution in [0, 0.1) is 0 Å². The Labute approximate surface area is 254 Å². The van der Waals surface area contributed by atoms with Crippen molar-refractivity contribution in [1.29, 1.82) is 0 Å². The number of hydrogen-bond donors (Lipinski definition) is 3. The number of hydrogen-bond acceptors (Lipinski definition) is 9. The second-order valence-corrected chi connectivity index (χ2v) is 11.3. The van der Waals surface area contributed by atoms with Gasteiger partial charge in [-0.3, -0.25) is 14.2 Å². The summed E-state index contributed by atoms with van der Waals surface area (Å²) >= 11 is 0. The van der Waals surface area contributed by atoms with Crippen molar-refractivity contribution in [2.24, 2.45) is 0 Å². The number of pyridine rings is 2. The normalized spacial score (nSPS) is 16.7. The summed E-state index contributed by atoms with van der Waals surface area (Å²) in [5.41, 5.74) is 12.0. The molecule has 0 unspecified atom stereocenters. The molecule has 11 nitrogen and oxygen atoms in total. The molecule has 1 aliphatic carbocycles. The summed E-state index contributed by atoms with van der Waals surface area (Å²) in [5, 5.41) is 12.9. The highest BCUT2D eigenvalue weighted by atomic mass is 16.3. The van der Waals surface area contributed by atoms with Crippen LogP contribution < -0.4 is 16.0 Å². The van der Waals surface area contributed by atoms with Crippen LogP contribution >= 0.6 is 0 Å². The molecule has 2 aromatic carbocycles. The second kappa shape index (κ2) is 11.1. The number of phenolic OH excluding ortho intramolecular Hbond substituents is 1. The van der Waals surface area contributed by atoms with Crippen LogP contribution in [0.3, 0.4) is 0 Å². The van der Waals surface area contributed by atoms with Gasteiger partial charge in [-0.15, -0.1) is 0 Å². The molecule has 3 aromatic heterocycles. The first-order chi connectivity index (χ1) is 21.4. The third-order valence-electron chi connectivity index (χ3n) is 8.58. The lowest BCUT2D eigenvalue weighted by Gasteiger charge is -2.33. The van der Waals surface area contributed by atoms with Crippen molar-refractivity contribution >= 4 is 35.0 Å². The van der Waals surface area contributed by atoms with Gasteiger partial charge in [0.1, 0.15) is 22.9 Å². The van der Waals surface area contributed by atoms with E-state index in [2.05, 4.69) is 33.2 Å². The first kappa shape index (κ1) is 27.5. The Morgan fingerprint density at radius 3 is 2.68 bits per heavy atom. The molecule has 0 radical (unpaired) electrons. The third-order valence-corrected chi connectivity index (χ3v) is 8.58. The molecule has 7 rings (SSSR count). The van der Waals surface area contributed by atoms with Gasteiger partial charge in [-0.05, 0) is 85.6 Å². The number of aldehydes is 1. The Morgan fingerprint density at radius 2 is 1.89 bits per heavy atom. The Morgan fingerprint density at radius 1 is 1.05 bits per heavy atom. The predicted octanol–water partition coefficient (Wildman–Crippen LogP) is 3.75. The number of carbonyl (C=O) groups excluding carboxylic acids is 2. The molecule has 5 aromatic rings. The van der Waals surface area contributed by atoms with E-state index in [0.29, 0.717) is 23.5 Å². The highest BCUT2D eigenvalue weighted by Gasteiger charge is 2.27. The number of aryl methyl sites for hydroxylation is 1. The molecule has 0 spiro atoms. The molecular formula is C33H32N8O3. The van der Waals surface area contributed by atoms with E-state index in [1.54, 1.807) is 6.20 Å². The average molecular weight is 589 g/mol. The van der Waals surface area contributed by atoms with Crippen LogP contribution in [0.15, 0.2) is 66.9 Å². The number of nitrogens with one attached hydrogen (secondary N) is 1. The van der Waals surface area contributed by atoms with Gasteiger partial charge in [0.15, 0.2) is 17.8 Å². The van der Waals surface area contributed by atoms with E-state index in [9.17, 15) is 14.7 Å². The molecule has 11 heteroatoms. The maximum Gasteiger partial charge on any atom is 0.251 e. The van der Waals surface area contributed by atoms with Crippen LogP contribution in [0.4, 0.5) is 11.6 Å². The van der Waals surface area contributed by atoms with Gasteiger partial charge in [0.25, 0.3) is 5.91 Å². The molecule has 1 saturated heterocycles. The molecule has 44 heavy (non-hydrogen) atoms. The molecule has 1 amide bonds. The maximum atomic E-state index is 13.1. The summed E-state index contributed by atoms with van der Waals surface area (Å²) in [7, 11) is 2.13. The molecular weight excluding hydrogens is 556 g/mol. The molecule has 1 atom stereocenters. The fourth-order valence-corrected chi connectivity index (χ4v) is 6.12. The maximum absolute atomic E-state index is 13.1. The van der Waals surface area contributed by atoms with E-state index in [1.165, 1.54) is 18.2 Å². The van der Waals surface area contributed by atoms with Gasteiger partial charge in [0, 0.05) is 43.6 Å². The standard InChI is InChI=1S/C33H32N8O3/c1-39-13-15-40(16-14-39)29-11-9-27-32(38-29)41(31(36-27)25-3-2-12-35-30(25)34)23-6-7-24-20(18-23)4-8-26(24)37-33(44)21-5-10-28(43)22(17-21)19-42/h2-3,5-7,9-12,17-19,26,43H,4,8,13-16H2,1H3,(H2,34,35)(H,37,44)/t26-/m0/s1. The first-order valence-corrected chi connectivity index (χ1v) is 14.7. The summed E-state index contributed by atoms with van der Waals surface area (Å²) in [4.78, 5) is 43.3. The Hall–Kier alpha value is -5.29. The minimum absolute atomic E-state index is 0.0797. The zero-order valence-electron chi connectivity index (χ0n) is 24.3. The van der Waals surface area contributed by atoms with Crippen molar-refractivity contribution in [2.75, 3.05) is 43.9 Å². The molecule has 222 valence electrons. The topological polar surface area (TPSA) is 142 Å². The van der Waals surface area contributed by atoms with Crippen LogP contribution in [-0.2, 0) is 6.42 Å². The first-order valence-electron chi connectivity index (χ1n) is 14.7. The SMILES string of the molecule is CN1CCN(c2ccc3nc(-c4cccnc4N)n(-c4ccc5c(c4)CC[C@@H]5NC(=O)c4ccc(O)c(C=O)c4)c3n2)CC1. The molecule has 4 N–H and O–H groups in total. The monoisotopic (exact) mass is 588 g/mol. The van der Waals surface area contributed by atoms with Crippen molar-refractivity contribution in [3.63, 3.8) is 0 Å². The molecule has 2 aliphatic rings. The van der Waals surface area contributed by atoms with Gasteiger partial charge in [-0.1, -0.05) is 6.07 Å². The van der Waals surface area contributed by atoms with Gasteiger partial charge in [-0.25, -0.2) is 15.0 Å². The minimum atomic E-state index is -0.300. The Bertz CT molecular complexity index is 1910. The van der Waals surface area contributed by atoms with E-state index in [1.807, 2.05) is 41.0 Å². The van der Waals surface area contributed by atoms with Crippen LogP contribution in [0.5, 0.6) is 5.75 Å². The summed E-state index contributed by atoms with van der Waals surface area (Å²) in [6, 6.07) is 18.1. The number of piperazine rings is 1. The Balaban J connectivity index is 1.26. The van der Waals surface area contributed by atoms with Crippen LogP contribution in [0.2, 0.25) is 0 Å². The average Bonchev–Trinajstić information content (AvgIpc) is 3.62. The number of aromatic hydroxyl groups is 1. The summed E-state index contributed by atoms with van der Waals surface area (Å²) in [5.74, 6) is 1.51. The third kappa shape index (κ3) is 4.90. The lowest BCUT2D eigenvalue weighted by Crippen LogP contribution is -2.44. The van der Waals surface area contributed by atoms with E-state index in [0.717, 1.165) is 78.4 Å². The molecule has 1 fully saturated rings. The number of anilines is 2. The largest absolute Gasteiger partial charge is 0.507 e. The van der Waals surface area contributed by atoms with E-state index in [-0.39, 0.29) is 23.3 Å². The highest BCUT2D eigenvalue weighted by molar-refractivity contribution is 5.96. The number of phenols is 1. The van der Waals surface area contributed by atoms with E-state index < -0.39 is 0 Å². The van der Waals surface area contributed by atoms with E-state index >= 15 is 0 Å². The lowest BCUT2D eigenvalue weighted by molar-refractivity contribution is 0.0936. The second-order valence-electron chi connectivity index (χ2n) is 11.3. The number of amides is 1. The number of rotatable bonds is 6. The number of benzene rings is 2. The van der Waals surface area contributed by atoms with Crippen LogP contribution in [0.1, 0.15) is 44.3 Å². The van der Waals surface area contributed by atoms with Gasteiger partial charge >= 0.3 is 0 Å². The number of carbonyl (C=O) groups is 2. The van der Waals surface area contributed by atoms with Crippen molar-refractivity contribution < 1.29 is 14.7 Å².